The Labute approximate surface area is 204 Å². The molecule has 0 unspecified atom stereocenters. The number of methoxy groups -OCH3 is 2. The van der Waals surface area contributed by atoms with Gasteiger partial charge in [0.05, 0.1) is 10.1 Å². The molecular formula is C25H30Cl4O2. The zero-order valence-corrected chi connectivity index (χ0v) is 21.5. The van der Waals surface area contributed by atoms with Crippen molar-refractivity contribution < 1.29 is 9.47 Å². The van der Waals surface area contributed by atoms with E-state index in [9.17, 15) is 0 Å². The van der Waals surface area contributed by atoms with Crippen LogP contribution in [0.4, 0.5) is 0 Å². The van der Waals surface area contributed by atoms with E-state index in [1.807, 2.05) is 0 Å². The summed E-state index contributed by atoms with van der Waals surface area (Å²) in [7, 11) is 3.28. The minimum Gasteiger partial charge on any atom is -0.350 e. The third-order valence-corrected chi connectivity index (χ3v) is 15.9. The standard InChI is InChI=1S/C25H30Cl4O2/c1-21-13-9-5-6-10(7-9)14(13)22(21,2)16-12-8-11(15(16)21)17-18(12)24(29)20(27)19(26)23(17,28)25(24,30-3)31-4/h9-18H,5-8H2,1-4H3/t9-,10+,11+,12-,13+,14-,15-,16+,17+,18-,21+,22-,23+,24-. The van der Waals surface area contributed by atoms with E-state index in [0.29, 0.717) is 32.7 Å². The predicted octanol–water partition coefficient (Wildman–Crippen LogP) is 6.46. The fourth-order valence-corrected chi connectivity index (χ4v) is 15.5. The second-order valence-electron chi connectivity index (χ2n) is 12.7. The highest BCUT2D eigenvalue weighted by Crippen LogP contribution is 2.96. The van der Waals surface area contributed by atoms with E-state index < -0.39 is 15.5 Å². The van der Waals surface area contributed by atoms with Gasteiger partial charge in [0.1, 0.15) is 9.75 Å². The number of fused-ring (bicyclic) bond motifs is 22. The van der Waals surface area contributed by atoms with Crippen LogP contribution in [-0.4, -0.2) is 29.8 Å². The van der Waals surface area contributed by atoms with E-state index in [1.54, 1.807) is 14.2 Å². The molecule has 170 valence electrons. The van der Waals surface area contributed by atoms with Crippen LogP contribution in [0.2, 0.25) is 0 Å². The summed E-state index contributed by atoms with van der Waals surface area (Å²) in [4.78, 5) is -2.02. The third-order valence-electron chi connectivity index (χ3n) is 13.3. The van der Waals surface area contributed by atoms with E-state index in [1.165, 1.54) is 25.7 Å². The van der Waals surface area contributed by atoms with Crippen LogP contribution < -0.4 is 0 Å². The summed E-state index contributed by atoms with van der Waals surface area (Å²) in [6.45, 7) is 5.28. The van der Waals surface area contributed by atoms with E-state index in [-0.39, 0.29) is 11.8 Å². The van der Waals surface area contributed by atoms with Gasteiger partial charge in [-0.3, -0.25) is 0 Å². The van der Waals surface area contributed by atoms with E-state index in [0.717, 1.165) is 35.5 Å². The molecule has 0 aromatic rings. The van der Waals surface area contributed by atoms with Crippen LogP contribution in [0.5, 0.6) is 0 Å². The molecule has 8 rings (SSSR count). The van der Waals surface area contributed by atoms with Crippen molar-refractivity contribution in [1.29, 1.82) is 0 Å². The van der Waals surface area contributed by atoms with Crippen LogP contribution >= 0.6 is 46.4 Å². The fraction of sp³-hybridized carbons (Fsp3) is 0.920. The minimum absolute atomic E-state index is 0.159. The number of hydrogen-bond acceptors (Lipinski definition) is 2. The molecule has 0 amide bonds. The average molecular weight is 504 g/mol. The molecule has 0 heterocycles. The molecule has 0 radical (unpaired) electrons. The Morgan fingerprint density at radius 1 is 0.677 bits per heavy atom. The van der Waals surface area contributed by atoms with Gasteiger partial charge in [-0.15, -0.1) is 23.2 Å². The van der Waals surface area contributed by atoms with Crippen LogP contribution in [0.15, 0.2) is 10.1 Å². The van der Waals surface area contributed by atoms with E-state index >= 15 is 0 Å². The lowest BCUT2D eigenvalue weighted by molar-refractivity contribution is -0.381. The topological polar surface area (TPSA) is 18.5 Å². The van der Waals surface area contributed by atoms with Crippen LogP contribution in [-0.2, 0) is 9.47 Å². The van der Waals surface area contributed by atoms with Crippen molar-refractivity contribution in [2.45, 2.75) is 55.1 Å². The molecule has 0 aliphatic heterocycles. The highest BCUT2D eigenvalue weighted by atomic mass is 35.5. The molecule has 8 aliphatic carbocycles. The Morgan fingerprint density at radius 2 is 1.10 bits per heavy atom. The van der Waals surface area contributed by atoms with Gasteiger partial charge in [-0.05, 0) is 95.7 Å². The fourth-order valence-electron chi connectivity index (χ4n) is 13.1. The first-order valence-electron chi connectivity index (χ1n) is 12.2. The quantitative estimate of drug-likeness (QED) is 0.244. The molecule has 0 spiro atoms. The molecular weight excluding hydrogens is 474 g/mol. The highest BCUT2D eigenvalue weighted by molar-refractivity contribution is 6.52. The van der Waals surface area contributed by atoms with Gasteiger partial charge in [0.2, 0.25) is 5.79 Å². The predicted molar refractivity (Wildman–Crippen MR) is 122 cm³/mol. The number of ether oxygens (including phenoxy) is 2. The molecule has 6 heteroatoms. The summed E-state index contributed by atoms with van der Waals surface area (Å²) < 4.78 is 12.2. The SMILES string of the molecule is COC1(OC)[C@@]2(Cl)C(Cl)=C(Cl)[C@]1(Cl)[C@@H]1[C@@H]3C[C@@H]([C@@H]4[C@H]3[C@@]3(C)[C@@H]5[C@H]6CC[C@H](C6)[C@@H]5[C@@]43C)[C@@H]12. The Kier molecular flexibility index (Phi) is 3.34. The smallest absolute Gasteiger partial charge is 0.217 e. The van der Waals surface area contributed by atoms with Crippen molar-refractivity contribution in [2.24, 2.45) is 70.0 Å². The lowest BCUT2D eigenvalue weighted by atomic mass is 9.19. The van der Waals surface area contributed by atoms with Gasteiger partial charge in [-0.2, -0.15) is 0 Å². The normalized spacial score (nSPS) is 69.7. The summed E-state index contributed by atoms with van der Waals surface area (Å²) >= 11 is 28.9. The lowest BCUT2D eigenvalue weighted by Gasteiger charge is -2.85. The molecule has 7 saturated carbocycles. The van der Waals surface area contributed by atoms with Crippen molar-refractivity contribution in [3.05, 3.63) is 10.1 Å². The maximum Gasteiger partial charge on any atom is 0.217 e. The van der Waals surface area contributed by atoms with Crippen molar-refractivity contribution in [1.82, 2.24) is 0 Å². The molecule has 8 aliphatic rings. The molecule has 0 saturated heterocycles. The highest BCUT2D eigenvalue weighted by Gasteiger charge is 2.96. The largest absolute Gasteiger partial charge is 0.350 e. The Balaban J connectivity index is 1.31. The van der Waals surface area contributed by atoms with Crippen molar-refractivity contribution >= 4 is 46.4 Å². The Morgan fingerprint density at radius 3 is 1.48 bits per heavy atom. The van der Waals surface area contributed by atoms with Gasteiger partial charge >= 0.3 is 0 Å². The zero-order valence-electron chi connectivity index (χ0n) is 18.4. The van der Waals surface area contributed by atoms with Crippen LogP contribution in [0.1, 0.15) is 39.5 Å². The molecule has 14 atom stereocenters. The summed E-state index contributed by atoms with van der Waals surface area (Å²) in [5.41, 5.74) is 0.897. The van der Waals surface area contributed by atoms with Crippen LogP contribution in [0.25, 0.3) is 0 Å². The van der Waals surface area contributed by atoms with Crippen LogP contribution in [0, 0.1) is 70.0 Å². The van der Waals surface area contributed by atoms with Gasteiger partial charge in [0.15, 0.2) is 0 Å². The number of alkyl halides is 2. The second kappa shape index (κ2) is 5.17. The Hall–Kier alpha value is 0.820. The monoisotopic (exact) mass is 502 g/mol. The maximum absolute atomic E-state index is 7.53. The first kappa shape index (κ1) is 20.1. The van der Waals surface area contributed by atoms with Gasteiger partial charge in [-0.1, -0.05) is 37.0 Å². The van der Waals surface area contributed by atoms with E-state index in [4.69, 9.17) is 55.9 Å². The first-order chi connectivity index (χ1) is 14.6. The summed E-state index contributed by atoms with van der Waals surface area (Å²) in [5, 5.41) is 0.914. The van der Waals surface area contributed by atoms with Gasteiger partial charge < -0.3 is 9.47 Å². The van der Waals surface area contributed by atoms with Crippen LogP contribution in [0.3, 0.4) is 0 Å². The lowest BCUT2D eigenvalue weighted by Crippen LogP contribution is -2.81. The molecule has 31 heavy (non-hydrogen) atoms. The van der Waals surface area contributed by atoms with E-state index in [2.05, 4.69) is 13.8 Å². The van der Waals surface area contributed by atoms with Crippen molar-refractivity contribution in [3.63, 3.8) is 0 Å². The minimum atomic E-state index is -1.22. The molecule has 0 N–H and O–H groups in total. The first-order valence-corrected chi connectivity index (χ1v) is 13.7. The molecule has 0 aromatic carbocycles. The van der Waals surface area contributed by atoms with Crippen molar-refractivity contribution in [3.8, 4) is 0 Å². The summed E-state index contributed by atoms with van der Waals surface area (Å²) in [6.07, 6.45) is 5.61. The maximum atomic E-state index is 7.53. The second-order valence-corrected chi connectivity index (χ2v) is 14.6. The number of hydrogen-bond donors (Lipinski definition) is 0. The molecule has 0 aromatic heterocycles. The Bertz CT molecular complexity index is 909. The molecule has 2 nitrogen and oxygen atoms in total. The third kappa shape index (κ3) is 1.41. The molecule has 6 bridgehead atoms. The summed E-state index contributed by atoms with van der Waals surface area (Å²) in [6, 6.07) is 0. The van der Waals surface area contributed by atoms with Gasteiger partial charge in [0, 0.05) is 14.2 Å². The molecule has 7 fully saturated rings. The number of halogens is 4. The summed E-state index contributed by atoms with van der Waals surface area (Å²) in [5.74, 6) is 5.39. The number of rotatable bonds is 2. The zero-order chi connectivity index (χ0) is 21.7. The van der Waals surface area contributed by atoms with Gasteiger partial charge in [-0.25, -0.2) is 0 Å². The van der Waals surface area contributed by atoms with Crippen molar-refractivity contribution in [2.75, 3.05) is 14.2 Å². The van der Waals surface area contributed by atoms with Gasteiger partial charge in [0.25, 0.3) is 0 Å². The average Bonchev–Trinajstić information content (AvgIpc) is 3.56.